The number of fused-ring (bicyclic) bond motifs is 1. The Morgan fingerprint density at radius 3 is 2.78 bits per heavy atom. The number of para-hydroxylation sites is 2. The van der Waals surface area contributed by atoms with Gasteiger partial charge >= 0.3 is 0 Å². The predicted octanol–water partition coefficient (Wildman–Crippen LogP) is 4.14. The van der Waals surface area contributed by atoms with E-state index in [4.69, 9.17) is 4.74 Å². The van der Waals surface area contributed by atoms with Crippen LogP contribution < -0.4 is 5.32 Å². The number of nitrogens with one attached hydrogen (secondary N) is 2. The number of aromatic nitrogens is 2. The van der Waals surface area contributed by atoms with Crippen molar-refractivity contribution in [3.63, 3.8) is 0 Å². The van der Waals surface area contributed by atoms with Crippen LogP contribution in [0.25, 0.3) is 11.0 Å². The molecule has 1 saturated heterocycles. The SMILES string of the molecule is c1ccc(C2OCCCC2CNc2nc3ccccc3[nH]2)cc1. The molecule has 2 aromatic carbocycles. The van der Waals surface area contributed by atoms with Gasteiger partial charge in [-0.3, -0.25) is 0 Å². The summed E-state index contributed by atoms with van der Waals surface area (Å²) in [6.07, 6.45) is 2.46. The normalized spacial score (nSPS) is 21.4. The molecule has 3 aromatic rings. The van der Waals surface area contributed by atoms with E-state index in [1.54, 1.807) is 0 Å². The van der Waals surface area contributed by atoms with Gasteiger partial charge in [0.25, 0.3) is 0 Å². The summed E-state index contributed by atoms with van der Waals surface area (Å²) < 4.78 is 6.05. The lowest BCUT2D eigenvalue weighted by molar-refractivity contribution is -0.0238. The molecule has 2 heterocycles. The molecule has 0 amide bonds. The van der Waals surface area contributed by atoms with Crippen molar-refractivity contribution < 1.29 is 4.74 Å². The van der Waals surface area contributed by atoms with Gasteiger partial charge in [-0.1, -0.05) is 42.5 Å². The fraction of sp³-hybridized carbons (Fsp3) is 0.316. The number of nitrogens with zero attached hydrogens (tertiary/aromatic N) is 1. The molecular formula is C19H21N3O. The molecule has 0 spiro atoms. The molecule has 1 aliphatic rings. The highest BCUT2D eigenvalue weighted by molar-refractivity contribution is 5.77. The maximum Gasteiger partial charge on any atom is 0.201 e. The van der Waals surface area contributed by atoms with Gasteiger partial charge in [-0.25, -0.2) is 4.98 Å². The molecule has 1 aromatic heterocycles. The van der Waals surface area contributed by atoms with Crippen LogP contribution in [0.2, 0.25) is 0 Å². The topological polar surface area (TPSA) is 49.9 Å². The molecule has 1 aliphatic heterocycles. The van der Waals surface area contributed by atoms with Crippen LogP contribution in [-0.4, -0.2) is 23.1 Å². The van der Waals surface area contributed by atoms with Crippen molar-refractivity contribution in [1.82, 2.24) is 9.97 Å². The highest BCUT2D eigenvalue weighted by atomic mass is 16.5. The summed E-state index contributed by atoms with van der Waals surface area (Å²) in [4.78, 5) is 7.91. The molecule has 1 fully saturated rings. The van der Waals surface area contributed by atoms with Crippen LogP contribution in [0.4, 0.5) is 5.95 Å². The Bertz CT molecular complexity index is 735. The average Bonchev–Trinajstić information content (AvgIpc) is 3.04. The van der Waals surface area contributed by atoms with E-state index in [2.05, 4.69) is 39.6 Å². The summed E-state index contributed by atoms with van der Waals surface area (Å²) in [5.74, 6) is 1.29. The standard InChI is InChI=1S/C19H21N3O/c1-2-7-14(8-3-1)18-15(9-6-12-23-18)13-20-19-21-16-10-4-5-11-17(16)22-19/h1-5,7-8,10-11,15,18H,6,9,12-13H2,(H2,20,21,22). The van der Waals surface area contributed by atoms with E-state index >= 15 is 0 Å². The van der Waals surface area contributed by atoms with Crippen molar-refractivity contribution in [3.05, 3.63) is 60.2 Å². The smallest absolute Gasteiger partial charge is 0.201 e. The number of anilines is 1. The summed E-state index contributed by atoms with van der Waals surface area (Å²) >= 11 is 0. The fourth-order valence-electron chi connectivity index (χ4n) is 3.33. The van der Waals surface area contributed by atoms with Crippen molar-refractivity contribution in [2.24, 2.45) is 5.92 Å². The first-order valence-corrected chi connectivity index (χ1v) is 8.25. The minimum Gasteiger partial charge on any atom is -0.373 e. The molecule has 4 heteroatoms. The second-order valence-corrected chi connectivity index (χ2v) is 6.09. The zero-order chi connectivity index (χ0) is 15.5. The summed E-state index contributed by atoms with van der Waals surface area (Å²) in [6.45, 7) is 1.71. The van der Waals surface area contributed by atoms with Crippen molar-refractivity contribution in [2.75, 3.05) is 18.5 Å². The van der Waals surface area contributed by atoms with Crippen LogP contribution in [0.15, 0.2) is 54.6 Å². The molecule has 0 aliphatic carbocycles. The molecule has 2 N–H and O–H groups in total. The van der Waals surface area contributed by atoms with Crippen LogP contribution >= 0.6 is 0 Å². The third kappa shape index (κ3) is 3.08. The van der Waals surface area contributed by atoms with E-state index in [9.17, 15) is 0 Å². The van der Waals surface area contributed by atoms with Gasteiger partial charge in [0, 0.05) is 19.1 Å². The number of ether oxygens (including phenoxy) is 1. The van der Waals surface area contributed by atoms with Crippen molar-refractivity contribution in [1.29, 1.82) is 0 Å². The number of imidazole rings is 1. The molecule has 0 bridgehead atoms. The van der Waals surface area contributed by atoms with Gasteiger partial charge in [0.2, 0.25) is 5.95 Å². The van der Waals surface area contributed by atoms with Crippen LogP contribution in [0.1, 0.15) is 24.5 Å². The minimum atomic E-state index is 0.168. The molecule has 0 radical (unpaired) electrons. The number of benzene rings is 2. The molecule has 0 saturated carbocycles. The van der Waals surface area contributed by atoms with Gasteiger partial charge in [-0.05, 0) is 30.5 Å². The van der Waals surface area contributed by atoms with E-state index in [1.807, 2.05) is 30.3 Å². The summed E-state index contributed by atoms with van der Waals surface area (Å²) in [5, 5.41) is 3.46. The molecule has 4 nitrogen and oxygen atoms in total. The summed E-state index contributed by atoms with van der Waals surface area (Å²) in [7, 11) is 0. The maximum absolute atomic E-state index is 6.05. The second kappa shape index (κ2) is 6.42. The van der Waals surface area contributed by atoms with Crippen molar-refractivity contribution in [2.45, 2.75) is 18.9 Å². The largest absolute Gasteiger partial charge is 0.373 e. The summed E-state index contributed by atoms with van der Waals surface area (Å²) in [6, 6.07) is 18.6. The zero-order valence-electron chi connectivity index (χ0n) is 13.0. The number of rotatable bonds is 4. The first kappa shape index (κ1) is 14.3. The zero-order valence-corrected chi connectivity index (χ0v) is 13.0. The molecule has 2 atom stereocenters. The molecule has 4 rings (SSSR count). The first-order valence-electron chi connectivity index (χ1n) is 8.25. The van der Waals surface area contributed by atoms with Gasteiger partial charge in [0.15, 0.2) is 0 Å². The highest BCUT2D eigenvalue weighted by Gasteiger charge is 2.27. The van der Waals surface area contributed by atoms with Gasteiger partial charge in [0.1, 0.15) is 0 Å². The van der Waals surface area contributed by atoms with Crippen molar-refractivity contribution in [3.8, 4) is 0 Å². The third-order valence-electron chi connectivity index (χ3n) is 4.49. The Kier molecular flexibility index (Phi) is 3.99. The Labute approximate surface area is 135 Å². The van der Waals surface area contributed by atoms with Gasteiger partial charge < -0.3 is 15.0 Å². The molecule has 2 unspecified atom stereocenters. The lowest BCUT2D eigenvalue weighted by Crippen LogP contribution is -2.28. The van der Waals surface area contributed by atoms with Gasteiger partial charge in [-0.2, -0.15) is 0 Å². The molecule has 23 heavy (non-hydrogen) atoms. The predicted molar refractivity (Wildman–Crippen MR) is 92.4 cm³/mol. The number of hydrogen-bond donors (Lipinski definition) is 2. The fourth-order valence-corrected chi connectivity index (χ4v) is 3.33. The second-order valence-electron chi connectivity index (χ2n) is 6.09. The molecule has 118 valence electrons. The van der Waals surface area contributed by atoms with E-state index in [0.717, 1.165) is 36.6 Å². The van der Waals surface area contributed by atoms with Gasteiger partial charge in [0.05, 0.1) is 17.1 Å². The summed E-state index contributed by atoms with van der Waals surface area (Å²) in [5.41, 5.74) is 3.33. The van der Waals surface area contributed by atoms with E-state index in [1.165, 1.54) is 12.0 Å². The Hall–Kier alpha value is -2.33. The monoisotopic (exact) mass is 307 g/mol. The van der Waals surface area contributed by atoms with Crippen LogP contribution in [0.3, 0.4) is 0 Å². The highest BCUT2D eigenvalue weighted by Crippen LogP contribution is 2.33. The number of H-pyrrole nitrogens is 1. The van der Waals surface area contributed by atoms with Crippen LogP contribution in [0.5, 0.6) is 0 Å². The maximum atomic E-state index is 6.05. The third-order valence-corrected chi connectivity index (χ3v) is 4.49. The van der Waals surface area contributed by atoms with E-state index < -0.39 is 0 Å². The lowest BCUT2D eigenvalue weighted by atomic mass is 9.89. The average molecular weight is 307 g/mol. The Morgan fingerprint density at radius 2 is 1.91 bits per heavy atom. The molecular weight excluding hydrogens is 286 g/mol. The number of aromatic amines is 1. The number of hydrogen-bond acceptors (Lipinski definition) is 3. The van der Waals surface area contributed by atoms with Crippen molar-refractivity contribution >= 4 is 17.0 Å². The first-order chi connectivity index (χ1) is 11.4. The van der Waals surface area contributed by atoms with Crippen LogP contribution in [-0.2, 0) is 4.74 Å². The van der Waals surface area contributed by atoms with E-state index in [-0.39, 0.29) is 6.10 Å². The quantitative estimate of drug-likeness (QED) is 0.761. The Balaban J connectivity index is 1.47. The lowest BCUT2D eigenvalue weighted by Gasteiger charge is -2.32. The Morgan fingerprint density at radius 1 is 1.09 bits per heavy atom. The van der Waals surface area contributed by atoms with Crippen LogP contribution in [0, 0.1) is 5.92 Å². The minimum absolute atomic E-state index is 0.168. The van der Waals surface area contributed by atoms with E-state index in [0.29, 0.717) is 5.92 Å². The van der Waals surface area contributed by atoms with Gasteiger partial charge in [-0.15, -0.1) is 0 Å².